The van der Waals surface area contributed by atoms with Crippen molar-refractivity contribution in [2.75, 3.05) is 0 Å². The SMILES string of the molecule is CCCC(OC(C)(C)C(=O)C(C)(C)C)C(C)(C)O. The first kappa shape index (κ1) is 17.6. The molecular formula is C15H30O3. The van der Waals surface area contributed by atoms with Gasteiger partial charge in [0.1, 0.15) is 5.60 Å². The van der Waals surface area contributed by atoms with Crippen LogP contribution in [0.2, 0.25) is 0 Å². The lowest BCUT2D eigenvalue weighted by Crippen LogP contribution is -2.50. The standard InChI is InChI=1S/C15H30O3/c1-9-10-11(14(5,6)17)18-15(7,8)12(16)13(2,3)4/h11,17H,9-10H2,1-8H3. The van der Waals surface area contributed by atoms with E-state index in [0.29, 0.717) is 0 Å². The van der Waals surface area contributed by atoms with Gasteiger partial charge in [-0.2, -0.15) is 0 Å². The Bertz CT molecular complexity index is 279. The Kier molecular flexibility index (Phi) is 5.57. The highest BCUT2D eigenvalue weighted by molar-refractivity contribution is 5.91. The fraction of sp³-hybridized carbons (Fsp3) is 0.933. The van der Waals surface area contributed by atoms with Crippen molar-refractivity contribution in [3.63, 3.8) is 0 Å². The average molecular weight is 258 g/mol. The van der Waals surface area contributed by atoms with Gasteiger partial charge in [0.25, 0.3) is 0 Å². The number of carbonyl (C=O) groups excluding carboxylic acids is 1. The second kappa shape index (κ2) is 5.70. The summed E-state index contributed by atoms with van der Waals surface area (Å²) in [6.45, 7) is 14.7. The van der Waals surface area contributed by atoms with Gasteiger partial charge in [-0.05, 0) is 34.1 Å². The summed E-state index contributed by atoms with van der Waals surface area (Å²) in [5, 5.41) is 10.1. The average Bonchev–Trinajstić information content (AvgIpc) is 2.12. The van der Waals surface area contributed by atoms with E-state index in [0.717, 1.165) is 12.8 Å². The molecule has 0 amide bonds. The molecule has 0 bridgehead atoms. The summed E-state index contributed by atoms with van der Waals surface area (Å²) in [5.41, 5.74) is -2.26. The molecule has 0 aromatic heterocycles. The van der Waals surface area contributed by atoms with E-state index in [4.69, 9.17) is 4.74 Å². The lowest BCUT2D eigenvalue weighted by Gasteiger charge is -2.38. The molecule has 0 rings (SSSR count). The largest absolute Gasteiger partial charge is 0.388 e. The number of ether oxygens (including phenoxy) is 1. The quantitative estimate of drug-likeness (QED) is 0.795. The molecule has 1 unspecified atom stereocenters. The molecule has 0 aliphatic rings. The number of hydrogen-bond acceptors (Lipinski definition) is 3. The first-order valence-electron chi connectivity index (χ1n) is 6.77. The van der Waals surface area contributed by atoms with Crippen LogP contribution in [0.3, 0.4) is 0 Å². The van der Waals surface area contributed by atoms with Gasteiger partial charge in [0, 0.05) is 5.41 Å². The lowest BCUT2D eigenvalue weighted by molar-refractivity contribution is -0.176. The third kappa shape index (κ3) is 5.07. The molecule has 0 fully saturated rings. The van der Waals surface area contributed by atoms with Crippen LogP contribution < -0.4 is 0 Å². The zero-order chi connectivity index (χ0) is 14.8. The number of aliphatic hydroxyl groups is 1. The lowest BCUT2D eigenvalue weighted by atomic mass is 9.81. The predicted octanol–water partition coefficient (Wildman–Crippen LogP) is 3.34. The molecule has 0 saturated carbocycles. The van der Waals surface area contributed by atoms with Crippen LogP contribution in [0.1, 0.15) is 68.2 Å². The van der Waals surface area contributed by atoms with Gasteiger partial charge in [-0.15, -0.1) is 0 Å². The normalized spacial score (nSPS) is 15.6. The highest BCUT2D eigenvalue weighted by atomic mass is 16.5. The van der Waals surface area contributed by atoms with Crippen molar-refractivity contribution in [3.05, 3.63) is 0 Å². The summed E-state index contributed by atoms with van der Waals surface area (Å²) in [7, 11) is 0. The van der Waals surface area contributed by atoms with E-state index in [1.807, 2.05) is 27.7 Å². The number of hydrogen-bond donors (Lipinski definition) is 1. The monoisotopic (exact) mass is 258 g/mol. The summed E-state index contributed by atoms with van der Waals surface area (Å²) in [4.78, 5) is 12.3. The highest BCUT2D eigenvalue weighted by Crippen LogP contribution is 2.30. The van der Waals surface area contributed by atoms with E-state index < -0.39 is 16.6 Å². The molecule has 1 atom stereocenters. The van der Waals surface area contributed by atoms with Crippen molar-refractivity contribution >= 4 is 5.78 Å². The van der Waals surface area contributed by atoms with Gasteiger partial charge < -0.3 is 9.84 Å². The zero-order valence-electron chi connectivity index (χ0n) is 13.3. The van der Waals surface area contributed by atoms with E-state index >= 15 is 0 Å². The third-order valence-electron chi connectivity index (χ3n) is 3.00. The molecule has 3 heteroatoms. The van der Waals surface area contributed by atoms with Gasteiger partial charge in [-0.25, -0.2) is 0 Å². The molecule has 0 spiro atoms. The van der Waals surface area contributed by atoms with E-state index in [-0.39, 0.29) is 11.9 Å². The summed E-state index contributed by atoms with van der Waals surface area (Å²) in [5.74, 6) is 0.0559. The van der Waals surface area contributed by atoms with Crippen LogP contribution in [0.4, 0.5) is 0 Å². The fourth-order valence-corrected chi connectivity index (χ4v) is 2.13. The Hall–Kier alpha value is -0.410. The zero-order valence-corrected chi connectivity index (χ0v) is 13.3. The van der Waals surface area contributed by atoms with Crippen molar-refractivity contribution in [1.82, 2.24) is 0 Å². The molecule has 0 saturated heterocycles. The van der Waals surface area contributed by atoms with Gasteiger partial charge in [0.2, 0.25) is 0 Å². The molecule has 108 valence electrons. The maximum atomic E-state index is 12.3. The molecule has 1 N–H and O–H groups in total. The van der Waals surface area contributed by atoms with Crippen LogP contribution in [0.5, 0.6) is 0 Å². The number of ketones is 1. The minimum absolute atomic E-state index is 0.0559. The van der Waals surface area contributed by atoms with Gasteiger partial charge in [0.15, 0.2) is 5.78 Å². The second-order valence-corrected chi connectivity index (χ2v) is 7.14. The van der Waals surface area contributed by atoms with Crippen LogP contribution in [0.25, 0.3) is 0 Å². The second-order valence-electron chi connectivity index (χ2n) is 7.14. The summed E-state index contributed by atoms with van der Waals surface area (Å²) in [6, 6.07) is 0. The molecule has 0 heterocycles. The van der Waals surface area contributed by atoms with E-state index in [1.165, 1.54) is 0 Å². The Balaban J connectivity index is 4.98. The van der Waals surface area contributed by atoms with E-state index in [1.54, 1.807) is 27.7 Å². The maximum absolute atomic E-state index is 12.3. The highest BCUT2D eigenvalue weighted by Gasteiger charge is 2.41. The topological polar surface area (TPSA) is 46.5 Å². The number of rotatable bonds is 6. The minimum atomic E-state index is -0.939. The third-order valence-corrected chi connectivity index (χ3v) is 3.00. The van der Waals surface area contributed by atoms with Gasteiger partial charge in [-0.1, -0.05) is 34.1 Å². The number of Topliss-reactive ketones (excluding diaryl/α,β-unsaturated/α-hetero) is 1. The maximum Gasteiger partial charge on any atom is 0.169 e. The van der Waals surface area contributed by atoms with Crippen LogP contribution in [0.15, 0.2) is 0 Å². The molecular weight excluding hydrogens is 228 g/mol. The summed E-state index contributed by atoms with van der Waals surface area (Å²) >= 11 is 0. The van der Waals surface area contributed by atoms with Crippen molar-refractivity contribution in [2.24, 2.45) is 5.41 Å². The minimum Gasteiger partial charge on any atom is -0.388 e. The molecule has 18 heavy (non-hydrogen) atoms. The Labute approximate surface area is 112 Å². The van der Waals surface area contributed by atoms with Crippen molar-refractivity contribution in [3.8, 4) is 0 Å². The molecule has 3 nitrogen and oxygen atoms in total. The van der Waals surface area contributed by atoms with Crippen molar-refractivity contribution < 1.29 is 14.6 Å². The van der Waals surface area contributed by atoms with Crippen molar-refractivity contribution in [2.45, 2.75) is 85.5 Å². The van der Waals surface area contributed by atoms with Crippen LogP contribution in [0, 0.1) is 5.41 Å². The molecule has 0 aromatic rings. The summed E-state index contributed by atoms with van der Waals surface area (Å²) in [6.07, 6.45) is 1.32. The van der Waals surface area contributed by atoms with Crippen LogP contribution in [-0.2, 0) is 9.53 Å². The first-order chi connectivity index (χ1) is 7.82. The predicted molar refractivity (Wildman–Crippen MR) is 74.6 cm³/mol. The molecule has 0 aromatic carbocycles. The molecule has 0 radical (unpaired) electrons. The molecule has 0 aliphatic carbocycles. The smallest absolute Gasteiger partial charge is 0.169 e. The first-order valence-corrected chi connectivity index (χ1v) is 6.77. The fourth-order valence-electron chi connectivity index (χ4n) is 2.13. The van der Waals surface area contributed by atoms with Crippen LogP contribution >= 0.6 is 0 Å². The Morgan fingerprint density at radius 2 is 1.56 bits per heavy atom. The Morgan fingerprint density at radius 3 is 1.83 bits per heavy atom. The van der Waals surface area contributed by atoms with Gasteiger partial charge in [0.05, 0.1) is 11.7 Å². The van der Waals surface area contributed by atoms with Crippen molar-refractivity contribution in [1.29, 1.82) is 0 Å². The number of carbonyl (C=O) groups is 1. The van der Waals surface area contributed by atoms with Gasteiger partial charge in [-0.3, -0.25) is 4.79 Å². The van der Waals surface area contributed by atoms with Crippen LogP contribution in [-0.4, -0.2) is 28.2 Å². The summed E-state index contributed by atoms with van der Waals surface area (Å²) < 4.78 is 5.93. The van der Waals surface area contributed by atoms with E-state index in [9.17, 15) is 9.90 Å². The van der Waals surface area contributed by atoms with E-state index in [2.05, 4.69) is 0 Å². The molecule has 0 aliphatic heterocycles. The van der Waals surface area contributed by atoms with Gasteiger partial charge >= 0.3 is 0 Å². The Morgan fingerprint density at radius 1 is 1.11 bits per heavy atom.